The average Bonchev–Trinajstić information content (AvgIpc) is 3.01. The lowest BCUT2D eigenvalue weighted by Crippen LogP contribution is -2.09. The van der Waals surface area contributed by atoms with Gasteiger partial charge in [-0.05, 0) is 32.8 Å². The van der Waals surface area contributed by atoms with Gasteiger partial charge in [-0.1, -0.05) is 24.8 Å². The summed E-state index contributed by atoms with van der Waals surface area (Å²) >= 11 is 0. The second kappa shape index (κ2) is 8.27. The summed E-state index contributed by atoms with van der Waals surface area (Å²) in [6.45, 7) is 9.49. The number of aryl methyl sites for hydroxylation is 1. The van der Waals surface area contributed by atoms with E-state index in [1.807, 2.05) is 44.6 Å². The first kappa shape index (κ1) is 16.1. The van der Waals surface area contributed by atoms with E-state index in [-0.39, 0.29) is 6.10 Å². The van der Waals surface area contributed by atoms with Crippen molar-refractivity contribution in [1.29, 1.82) is 0 Å². The van der Waals surface area contributed by atoms with Crippen LogP contribution in [0.15, 0.2) is 43.5 Å². The highest BCUT2D eigenvalue weighted by Gasteiger charge is 2.10. The van der Waals surface area contributed by atoms with Crippen LogP contribution in [-0.4, -0.2) is 22.3 Å². The van der Waals surface area contributed by atoms with Crippen molar-refractivity contribution in [3.63, 3.8) is 0 Å². The molecule has 0 N–H and O–H groups in total. The van der Waals surface area contributed by atoms with Crippen LogP contribution in [0.25, 0.3) is 6.08 Å². The summed E-state index contributed by atoms with van der Waals surface area (Å²) in [4.78, 5) is 4.03. The van der Waals surface area contributed by atoms with Crippen molar-refractivity contribution < 1.29 is 9.47 Å². The number of benzene rings is 1. The van der Waals surface area contributed by atoms with Gasteiger partial charge in [0.05, 0.1) is 19.0 Å². The summed E-state index contributed by atoms with van der Waals surface area (Å²) in [5, 5.41) is 0. The number of unbranched alkanes of at least 4 members (excludes halogenated alkanes) is 1. The third-order valence-electron chi connectivity index (χ3n) is 3.21. The Morgan fingerprint density at radius 1 is 1.32 bits per heavy atom. The van der Waals surface area contributed by atoms with Crippen molar-refractivity contribution in [3.8, 4) is 11.5 Å². The zero-order valence-electron chi connectivity index (χ0n) is 13.4. The molecule has 118 valence electrons. The van der Waals surface area contributed by atoms with E-state index in [4.69, 9.17) is 9.47 Å². The Morgan fingerprint density at radius 3 is 2.86 bits per heavy atom. The highest BCUT2D eigenvalue weighted by Crippen LogP contribution is 2.33. The predicted octanol–water partition coefficient (Wildman–Crippen LogP) is 4.17. The SMILES string of the molecule is C=Cc1cccc(OCCCCn2ccnc2)c1OC(C)C. The smallest absolute Gasteiger partial charge is 0.168 e. The summed E-state index contributed by atoms with van der Waals surface area (Å²) in [5.74, 6) is 1.57. The molecule has 0 radical (unpaired) electrons. The quantitative estimate of drug-likeness (QED) is 0.652. The number of imidazole rings is 1. The molecule has 0 aliphatic heterocycles. The Labute approximate surface area is 132 Å². The van der Waals surface area contributed by atoms with Gasteiger partial charge < -0.3 is 14.0 Å². The molecule has 4 heteroatoms. The number of hydrogen-bond acceptors (Lipinski definition) is 3. The van der Waals surface area contributed by atoms with Gasteiger partial charge in [-0.15, -0.1) is 0 Å². The maximum absolute atomic E-state index is 5.90. The summed E-state index contributed by atoms with van der Waals surface area (Å²) < 4.78 is 13.9. The largest absolute Gasteiger partial charge is 0.490 e. The number of nitrogens with zero attached hydrogens (tertiary/aromatic N) is 2. The van der Waals surface area contributed by atoms with Gasteiger partial charge in [0.2, 0.25) is 0 Å². The van der Waals surface area contributed by atoms with Crippen LogP contribution in [0.1, 0.15) is 32.3 Å². The highest BCUT2D eigenvalue weighted by atomic mass is 16.5. The van der Waals surface area contributed by atoms with Crippen LogP contribution < -0.4 is 9.47 Å². The van der Waals surface area contributed by atoms with E-state index in [0.29, 0.717) is 6.61 Å². The number of ether oxygens (including phenoxy) is 2. The highest BCUT2D eigenvalue weighted by molar-refractivity contribution is 5.61. The maximum atomic E-state index is 5.90. The van der Waals surface area contributed by atoms with Crippen LogP contribution in [0.5, 0.6) is 11.5 Å². The maximum Gasteiger partial charge on any atom is 0.168 e. The Hall–Kier alpha value is -2.23. The first-order chi connectivity index (χ1) is 10.7. The molecule has 0 fully saturated rings. The van der Waals surface area contributed by atoms with Gasteiger partial charge in [0.1, 0.15) is 0 Å². The van der Waals surface area contributed by atoms with Crippen molar-refractivity contribution in [2.45, 2.75) is 39.3 Å². The van der Waals surface area contributed by atoms with Crippen molar-refractivity contribution in [1.82, 2.24) is 9.55 Å². The van der Waals surface area contributed by atoms with E-state index >= 15 is 0 Å². The molecule has 2 aromatic rings. The molecule has 0 spiro atoms. The average molecular weight is 300 g/mol. The monoisotopic (exact) mass is 300 g/mol. The van der Waals surface area contributed by atoms with Crippen molar-refractivity contribution in [3.05, 3.63) is 49.1 Å². The summed E-state index contributed by atoms with van der Waals surface area (Å²) in [6, 6.07) is 5.89. The topological polar surface area (TPSA) is 36.3 Å². The standard InChI is InChI=1S/C18H24N2O2/c1-4-16-8-7-9-17(18(16)22-15(2)3)21-13-6-5-11-20-12-10-19-14-20/h4,7-10,12,14-15H,1,5-6,11,13H2,2-3H3. The molecule has 1 aromatic heterocycles. The summed E-state index contributed by atoms with van der Waals surface area (Å²) in [5.41, 5.74) is 0.963. The molecule has 1 heterocycles. The van der Waals surface area contributed by atoms with Gasteiger partial charge >= 0.3 is 0 Å². The van der Waals surface area contributed by atoms with Gasteiger partial charge in [0, 0.05) is 24.5 Å². The number of aromatic nitrogens is 2. The molecule has 2 rings (SSSR count). The van der Waals surface area contributed by atoms with E-state index in [0.717, 1.165) is 36.4 Å². The fraction of sp³-hybridized carbons (Fsp3) is 0.389. The van der Waals surface area contributed by atoms with Gasteiger partial charge in [-0.2, -0.15) is 0 Å². The summed E-state index contributed by atoms with van der Waals surface area (Å²) in [7, 11) is 0. The Balaban J connectivity index is 1.87. The fourth-order valence-electron chi connectivity index (χ4n) is 2.17. The van der Waals surface area contributed by atoms with Crippen molar-refractivity contribution in [2.24, 2.45) is 0 Å². The van der Waals surface area contributed by atoms with Crippen molar-refractivity contribution >= 4 is 6.08 Å². The normalized spacial score (nSPS) is 10.7. The number of hydrogen-bond donors (Lipinski definition) is 0. The first-order valence-corrected chi connectivity index (χ1v) is 7.71. The minimum Gasteiger partial charge on any atom is -0.490 e. The number of para-hydroxylation sites is 1. The van der Waals surface area contributed by atoms with E-state index in [1.165, 1.54) is 0 Å². The Morgan fingerprint density at radius 2 is 2.18 bits per heavy atom. The third-order valence-corrected chi connectivity index (χ3v) is 3.21. The van der Waals surface area contributed by atoms with Crippen LogP contribution >= 0.6 is 0 Å². The number of rotatable bonds is 9. The lowest BCUT2D eigenvalue weighted by Gasteiger charge is -2.17. The van der Waals surface area contributed by atoms with Crippen LogP contribution in [0.2, 0.25) is 0 Å². The Kier molecular flexibility index (Phi) is 6.07. The second-order valence-corrected chi connectivity index (χ2v) is 5.40. The van der Waals surface area contributed by atoms with Gasteiger partial charge in [-0.25, -0.2) is 4.98 Å². The molecule has 0 saturated carbocycles. The van der Waals surface area contributed by atoms with Crippen LogP contribution in [-0.2, 0) is 6.54 Å². The summed E-state index contributed by atoms with van der Waals surface area (Å²) in [6.07, 6.45) is 9.54. The molecule has 0 amide bonds. The molecular formula is C18H24N2O2. The van der Waals surface area contributed by atoms with E-state index in [9.17, 15) is 0 Å². The molecule has 0 aliphatic rings. The Bertz CT molecular complexity index is 577. The van der Waals surface area contributed by atoms with Crippen LogP contribution in [0.4, 0.5) is 0 Å². The zero-order valence-corrected chi connectivity index (χ0v) is 13.4. The second-order valence-electron chi connectivity index (χ2n) is 5.40. The third kappa shape index (κ3) is 4.65. The molecule has 22 heavy (non-hydrogen) atoms. The van der Waals surface area contributed by atoms with E-state index in [2.05, 4.69) is 16.1 Å². The van der Waals surface area contributed by atoms with Crippen LogP contribution in [0, 0.1) is 0 Å². The minimum atomic E-state index is 0.102. The molecule has 0 unspecified atom stereocenters. The molecule has 0 saturated heterocycles. The van der Waals surface area contributed by atoms with E-state index < -0.39 is 0 Å². The van der Waals surface area contributed by atoms with Gasteiger partial charge in [-0.3, -0.25) is 0 Å². The molecule has 1 aromatic carbocycles. The van der Waals surface area contributed by atoms with Crippen molar-refractivity contribution in [2.75, 3.05) is 6.61 Å². The fourth-order valence-corrected chi connectivity index (χ4v) is 2.17. The molecule has 0 aliphatic carbocycles. The first-order valence-electron chi connectivity index (χ1n) is 7.71. The zero-order chi connectivity index (χ0) is 15.8. The molecule has 0 bridgehead atoms. The lowest BCUT2D eigenvalue weighted by atomic mass is 10.2. The lowest BCUT2D eigenvalue weighted by molar-refractivity contribution is 0.218. The van der Waals surface area contributed by atoms with Gasteiger partial charge in [0.15, 0.2) is 11.5 Å². The molecular weight excluding hydrogens is 276 g/mol. The van der Waals surface area contributed by atoms with Crippen LogP contribution in [0.3, 0.4) is 0 Å². The van der Waals surface area contributed by atoms with Gasteiger partial charge in [0.25, 0.3) is 0 Å². The molecule has 0 atom stereocenters. The predicted molar refractivity (Wildman–Crippen MR) is 89.3 cm³/mol. The minimum absolute atomic E-state index is 0.102. The molecule has 4 nitrogen and oxygen atoms in total. The van der Waals surface area contributed by atoms with E-state index in [1.54, 1.807) is 12.3 Å².